The summed E-state index contributed by atoms with van der Waals surface area (Å²) in [6, 6.07) is 0.424. The molecule has 3 N–H and O–H groups in total. The minimum atomic E-state index is 0.424. The number of nitrogens with one attached hydrogen (secondary N) is 1. The molecule has 2 aromatic rings. The second-order valence-corrected chi connectivity index (χ2v) is 4.08. The Morgan fingerprint density at radius 1 is 1.38 bits per heavy atom. The van der Waals surface area contributed by atoms with Crippen molar-refractivity contribution in [1.29, 1.82) is 0 Å². The van der Waals surface area contributed by atoms with Gasteiger partial charge in [0.2, 0.25) is 0 Å². The number of nitrogen functional groups attached to an aromatic ring is 1. The molecule has 1 saturated heterocycles. The van der Waals surface area contributed by atoms with Crippen LogP contribution in [0.2, 0.25) is 0 Å². The molecule has 0 aromatic carbocycles. The van der Waals surface area contributed by atoms with Crippen molar-refractivity contribution < 1.29 is 0 Å². The molecule has 3 rings (SSSR count). The van der Waals surface area contributed by atoms with E-state index in [0.29, 0.717) is 17.4 Å². The number of hydrogen-bond donors (Lipinski definition) is 2. The van der Waals surface area contributed by atoms with Crippen molar-refractivity contribution in [3.05, 3.63) is 12.7 Å². The van der Waals surface area contributed by atoms with Gasteiger partial charge in [-0.05, 0) is 19.4 Å². The summed E-state index contributed by atoms with van der Waals surface area (Å²) >= 11 is 0. The monoisotopic (exact) mass is 218 g/mol. The molecular weight excluding hydrogens is 204 g/mol. The first-order chi connectivity index (χ1) is 7.86. The summed E-state index contributed by atoms with van der Waals surface area (Å²) in [7, 11) is 0. The highest BCUT2D eigenvalue weighted by Gasteiger charge is 2.18. The van der Waals surface area contributed by atoms with Crippen LogP contribution in [0.1, 0.15) is 18.9 Å². The molecule has 6 nitrogen and oxygen atoms in total. The van der Waals surface area contributed by atoms with Gasteiger partial charge in [0.15, 0.2) is 11.5 Å². The number of imidazole rings is 1. The largest absolute Gasteiger partial charge is 0.382 e. The standard InChI is InChI=1S/C10H14N6/c11-9-8-10(14-5-13-9)16(6-15-8)7-2-1-3-12-4-7/h5-7,12H,1-4H2,(H2,11,13,14)/t7-/m1/s1. The average Bonchev–Trinajstić information content (AvgIpc) is 2.75. The summed E-state index contributed by atoms with van der Waals surface area (Å²) < 4.78 is 2.10. The normalized spacial score (nSPS) is 21.4. The Labute approximate surface area is 92.9 Å². The van der Waals surface area contributed by atoms with Crippen LogP contribution in [0.5, 0.6) is 0 Å². The highest BCUT2D eigenvalue weighted by atomic mass is 15.2. The maximum Gasteiger partial charge on any atom is 0.165 e. The smallest absolute Gasteiger partial charge is 0.165 e. The Hall–Kier alpha value is -1.69. The molecule has 16 heavy (non-hydrogen) atoms. The van der Waals surface area contributed by atoms with Gasteiger partial charge in [0.25, 0.3) is 0 Å². The first kappa shape index (κ1) is 9.53. The van der Waals surface area contributed by atoms with E-state index in [0.717, 1.165) is 25.2 Å². The first-order valence-corrected chi connectivity index (χ1v) is 5.50. The zero-order chi connectivity index (χ0) is 11.0. The lowest BCUT2D eigenvalue weighted by molar-refractivity contribution is 0.376. The fourth-order valence-electron chi connectivity index (χ4n) is 2.21. The Balaban J connectivity index is 2.06. The van der Waals surface area contributed by atoms with E-state index in [2.05, 4.69) is 24.8 Å². The molecule has 0 aliphatic carbocycles. The van der Waals surface area contributed by atoms with E-state index in [4.69, 9.17) is 5.73 Å². The lowest BCUT2D eigenvalue weighted by atomic mass is 10.1. The van der Waals surface area contributed by atoms with Gasteiger partial charge in [-0.1, -0.05) is 0 Å². The number of piperidine rings is 1. The molecule has 0 saturated carbocycles. The number of hydrogen-bond acceptors (Lipinski definition) is 5. The third-order valence-electron chi connectivity index (χ3n) is 3.05. The maximum absolute atomic E-state index is 5.76. The van der Waals surface area contributed by atoms with Crippen molar-refractivity contribution in [3.8, 4) is 0 Å². The van der Waals surface area contributed by atoms with E-state index in [1.165, 1.54) is 12.7 Å². The van der Waals surface area contributed by atoms with Gasteiger partial charge in [-0.25, -0.2) is 15.0 Å². The highest BCUT2D eigenvalue weighted by Crippen LogP contribution is 2.22. The summed E-state index contributed by atoms with van der Waals surface area (Å²) in [5.41, 5.74) is 7.29. The van der Waals surface area contributed by atoms with Gasteiger partial charge in [0.1, 0.15) is 11.8 Å². The minimum absolute atomic E-state index is 0.424. The molecule has 2 aromatic heterocycles. The van der Waals surface area contributed by atoms with Gasteiger partial charge in [-0.3, -0.25) is 0 Å². The van der Waals surface area contributed by atoms with E-state index in [1.807, 2.05) is 6.33 Å². The summed E-state index contributed by atoms with van der Waals surface area (Å²) in [6.45, 7) is 2.07. The number of rotatable bonds is 1. The van der Waals surface area contributed by atoms with Crippen molar-refractivity contribution >= 4 is 17.0 Å². The molecule has 0 bridgehead atoms. The van der Waals surface area contributed by atoms with Crippen molar-refractivity contribution in [3.63, 3.8) is 0 Å². The van der Waals surface area contributed by atoms with E-state index >= 15 is 0 Å². The van der Waals surface area contributed by atoms with Crippen LogP contribution in [0.15, 0.2) is 12.7 Å². The van der Waals surface area contributed by atoms with Gasteiger partial charge in [-0.15, -0.1) is 0 Å². The van der Waals surface area contributed by atoms with Crippen LogP contribution < -0.4 is 11.1 Å². The van der Waals surface area contributed by atoms with Crippen LogP contribution in [0, 0.1) is 0 Å². The maximum atomic E-state index is 5.76. The second-order valence-electron chi connectivity index (χ2n) is 4.08. The van der Waals surface area contributed by atoms with Crippen molar-refractivity contribution in [2.75, 3.05) is 18.8 Å². The lowest BCUT2D eigenvalue weighted by Gasteiger charge is -2.24. The summed E-state index contributed by atoms with van der Waals surface area (Å²) in [6.07, 6.45) is 5.65. The number of fused-ring (bicyclic) bond motifs is 1. The number of nitrogens with zero attached hydrogens (tertiary/aromatic N) is 4. The third kappa shape index (κ3) is 1.42. The molecular formula is C10H14N6. The summed E-state index contributed by atoms with van der Waals surface area (Å²) in [5.74, 6) is 0.451. The van der Waals surface area contributed by atoms with Crippen LogP contribution >= 0.6 is 0 Å². The van der Waals surface area contributed by atoms with E-state index in [1.54, 1.807) is 0 Å². The second kappa shape index (κ2) is 3.71. The Morgan fingerprint density at radius 3 is 3.12 bits per heavy atom. The zero-order valence-corrected chi connectivity index (χ0v) is 8.93. The average molecular weight is 218 g/mol. The third-order valence-corrected chi connectivity index (χ3v) is 3.05. The predicted octanol–water partition coefficient (Wildman–Crippen LogP) is 0.333. The van der Waals surface area contributed by atoms with Crippen LogP contribution in [0.4, 0.5) is 5.82 Å². The fraction of sp³-hybridized carbons (Fsp3) is 0.500. The topological polar surface area (TPSA) is 81.7 Å². The molecule has 3 heterocycles. The quantitative estimate of drug-likeness (QED) is 0.721. The van der Waals surface area contributed by atoms with E-state index in [9.17, 15) is 0 Å². The molecule has 84 valence electrons. The number of anilines is 1. The van der Waals surface area contributed by atoms with Gasteiger partial charge in [0, 0.05) is 12.6 Å². The molecule has 1 atom stereocenters. The number of aromatic nitrogens is 4. The Bertz CT molecular complexity index is 499. The summed E-state index contributed by atoms with van der Waals surface area (Å²) in [5, 5.41) is 3.38. The SMILES string of the molecule is Nc1ncnc2c1ncn2[C@@H]1CCCNC1. The van der Waals surface area contributed by atoms with Crippen molar-refractivity contribution in [2.45, 2.75) is 18.9 Å². The molecule has 1 aliphatic rings. The minimum Gasteiger partial charge on any atom is -0.382 e. The van der Waals surface area contributed by atoms with Gasteiger partial charge < -0.3 is 15.6 Å². The van der Waals surface area contributed by atoms with Crippen molar-refractivity contribution in [1.82, 2.24) is 24.8 Å². The molecule has 6 heteroatoms. The van der Waals surface area contributed by atoms with Crippen LogP contribution in [0.3, 0.4) is 0 Å². The predicted molar refractivity (Wildman–Crippen MR) is 60.9 cm³/mol. The van der Waals surface area contributed by atoms with Crippen LogP contribution in [-0.4, -0.2) is 32.6 Å². The molecule has 1 fully saturated rings. The van der Waals surface area contributed by atoms with Gasteiger partial charge >= 0.3 is 0 Å². The fourth-order valence-corrected chi connectivity index (χ4v) is 2.21. The van der Waals surface area contributed by atoms with Crippen LogP contribution in [-0.2, 0) is 0 Å². The molecule has 0 amide bonds. The van der Waals surface area contributed by atoms with Gasteiger partial charge in [0.05, 0.1) is 6.33 Å². The van der Waals surface area contributed by atoms with Gasteiger partial charge in [-0.2, -0.15) is 0 Å². The Kier molecular flexibility index (Phi) is 2.21. The van der Waals surface area contributed by atoms with Crippen molar-refractivity contribution in [2.24, 2.45) is 0 Å². The molecule has 0 radical (unpaired) electrons. The van der Waals surface area contributed by atoms with E-state index in [-0.39, 0.29) is 0 Å². The van der Waals surface area contributed by atoms with Crippen LogP contribution in [0.25, 0.3) is 11.2 Å². The molecule has 1 aliphatic heterocycles. The molecule has 0 unspecified atom stereocenters. The number of nitrogens with two attached hydrogens (primary N) is 1. The molecule has 0 spiro atoms. The highest BCUT2D eigenvalue weighted by molar-refractivity contribution is 5.81. The Morgan fingerprint density at radius 2 is 2.31 bits per heavy atom. The zero-order valence-electron chi connectivity index (χ0n) is 8.93. The summed E-state index contributed by atoms with van der Waals surface area (Å²) in [4.78, 5) is 12.5. The first-order valence-electron chi connectivity index (χ1n) is 5.50. The lowest BCUT2D eigenvalue weighted by Crippen LogP contribution is -2.31. The van der Waals surface area contributed by atoms with E-state index < -0.39 is 0 Å².